The minimum atomic E-state index is -1.19. The van der Waals surface area contributed by atoms with Crippen LogP contribution in [0.3, 0.4) is 0 Å². The van der Waals surface area contributed by atoms with Gasteiger partial charge in [0, 0.05) is 19.5 Å². The molecule has 4 heteroatoms. The summed E-state index contributed by atoms with van der Waals surface area (Å²) in [5.41, 5.74) is 0. The fraction of sp³-hybridized carbons (Fsp3) is 0.800. The normalized spacial score (nSPS) is 28.3. The Hall–Kier alpha value is -0.870. The van der Waals surface area contributed by atoms with Crippen LogP contribution >= 0.6 is 0 Å². The first-order chi connectivity index (χ1) is 9.08. The molecular formula is C15H25NO3. The Bertz CT molecular complexity index is 340. The van der Waals surface area contributed by atoms with Crippen molar-refractivity contribution < 1.29 is 15.0 Å². The third-order valence-corrected chi connectivity index (χ3v) is 4.43. The highest BCUT2D eigenvalue weighted by Gasteiger charge is 2.40. The Morgan fingerprint density at radius 3 is 2.63 bits per heavy atom. The highest BCUT2D eigenvalue weighted by atomic mass is 16.5. The topological polar surface area (TPSA) is 60.8 Å². The van der Waals surface area contributed by atoms with Gasteiger partial charge in [-0.1, -0.05) is 18.6 Å². The third kappa shape index (κ3) is 3.80. The zero-order valence-electron chi connectivity index (χ0n) is 11.7. The highest BCUT2D eigenvalue weighted by Crippen LogP contribution is 2.44. The number of hydrogen-bond donors (Lipinski definition) is 2. The first-order valence-electron chi connectivity index (χ1n) is 7.37. The number of allylic oxidation sites excluding steroid dienone is 2. The maximum atomic E-state index is 12.3. The number of nitrogens with zero attached hydrogens (tertiary/aromatic N) is 1. The fourth-order valence-electron chi connectivity index (χ4n) is 3.31. The molecule has 1 fully saturated rings. The molecule has 0 aromatic heterocycles. The van der Waals surface area contributed by atoms with Crippen LogP contribution in [0, 0.1) is 17.8 Å². The van der Waals surface area contributed by atoms with Crippen LogP contribution in [0.25, 0.3) is 0 Å². The number of aliphatic hydroxyl groups is 2. The molecule has 2 bridgehead atoms. The van der Waals surface area contributed by atoms with Crippen molar-refractivity contribution in [1.29, 1.82) is 0 Å². The van der Waals surface area contributed by atoms with Crippen molar-refractivity contribution in [2.75, 3.05) is 13.6 Å². The number of unbranched alkanes of at least 4 members (excludes halogenated alkanes) is 2. The van der Waals surface area contributed by atoms with Gasteiger partial charge >= 0.3 is 0 Å². The number of hydrogen-bond acceptors (Lipinski definition) is 3. The minimum absolute atomic E-state index is 0.208. The molecule has 0 spiro atoms. The van der Waals surface area contributed by atoms with Crippen molar-refractivity contribution in [3.63, 3.8) is 0 Å². The van der Waals surface area contributed by atoms with Crippen molar-refractivity contribution in [3.05, 3.63) is 12.2 Å². The summed E-state index contributed by atoms with van der Waals surface area (Å²) in [6, 6.07) is 0. The van der Waals surface area contributed by atoms with Gasteiger partial charge < -0.3 is 15.1 Å². The Morgan fingerprint density at radius 1 is 1.26 bits per heavy atom. The summed E-state index contributed by atoms with van der Waals surface area (Å²) < 4.78 is 0. The highest BCUT2D eigenvalue weighted by molar-refractivity contribution is 5.79. The molecule has 0 aromatic rings. The second-order valence-electron chi connectivity index (χ2n) is 5.98. The molecule has 2 N–H and O–H groups in total. The number of carbonyl (C=O) groups excluding carboxylic acids is 1. The van der Waals surface area contributed by atoms with Gasteiger partial charge in [-0.3, -0.25) is 4.79 Å². The first-order valence-corrected chi connectivity index (χ1v) is 7.37. The van der Waals surface area contributed by atoms with E-state index in [1.165, 1.54) is 6.42 Å². The molecule has 3 unspecified atom stereocenters. The molecule has 2 aliphatic carbocycles. The Labute approximate surface area is 115 Å². The van der Waals surface area contributed by atoms with Crippen LogP contribution in [0.2, 0.25) is 0 Å². The molecule has 0 saturated heterocycles. The van der Waals surface area contributed by atoms with Gasteiger partial charge in [0.15, 0.2) is 6.29 Å². The van der Waals surface area contributed by atoms with Gasteiger partial charge in [-0.05, 0) is 43.9 Å². The first kappa shape index (κ1) is 14.5. The lowest BCUT2D eigenvalue weighted by molar-refractivity contribution is -0.135. The Balaban J connectivity index is 1.64. The molecule has 2 rings (SSSR count). The third-order valence-electron chi connectivity index (χ3n) is 4.43. The molecule has 108 valence electrons. The number of carbonyl (C=O) groups is 1. The van der Waals surface area contributed by atoms with Crippen LogP contribution in [-0.4, -0.2) is 40.9 Å². The molecular weight excluding hydrogens is 242 g/mol. The second kappa shape index (κ2) is 6.53. The smallest absolute Gasteiger partial charge is 0.226 e. The zero-order chi connectivity index (χ0) is 13.8. The summed E-state index contributed by atoms with van der Waals surface area (Å²) in [5.74, 6) is 1.61. The van der Waals surface area contributed by atoms with Crippen molar-refractivity contribution in [2.24, 2.45) is 17.8 Å². The van der Waals surface area contributed by atoms with Crippen LogP contribution in [-0.2, 0) is 4.79 Å². The molecule has 0 aromatic carbocycles. The number of fused-ring (bicyclic) bond motifs is 2. The van der Waals surface area contributed by atoms with Gasteiger partial charge in [0.05, 0.1) is 0 Å². The van der Waals surface area contributed by atoms with Gasteiger partial charge in [0.25, 0.3) is 0 Å². The predicted molar refractivity (Wildman–Crippen MR) is 73.2 cm³/mol. The number of aliphatic hydroxyl groups excluding tert-OH is 1. The molecule has 19 heavy (non-hydrogen) atoms. The van der Waals surface area contributed by atoms with Gasteiger partial charge in [-0.2, -0.15) is 0 Å². The summed E-state index contributed by atoms with van der Waals surface area (Å²) in [7, 11) is 1.89. The quantitative estimate of drug-likeness (QED) is 0.418. The van der Waals surface area contributed by atoms with E-state index < -0.39 is 6.29 Å². The average molecular weight is 267 g/mol. The van der Waals surface area contributed by atoms with E-state index in [1.807, 2.05) is 11.9 Å². The minimum Gasteiger partial charge on any atom is -0.368 e. The number of rotatable bonds is 7. The Kier molecular flexibility index (Phi) is 4.99. The summed E-state index contributed by atoms with van der Waals surface area (Å²) >= 11 is 0. The molecule has 0 aliphatic heterocycles. The molecule has 2 aliphatic rings. The summed E-state index contributed by atoms with van der Waals surface area (Å²) in [6.45, 7) is 0.776. The van der Waals surface area contributed by atoms with Gasteiger partial charge in [0.1, 0.15) is 0 Å². The van der Waals surface area contributed by atoms with E-state index in [0.717, 1.165) is 32.2 Å². The Morgan fingerprint density at radius 2 is 2.05 bits per heavy atom. The molecule has 3 atom stereocenters. The monoisotopic (exact) mass is 267 g/mol. The number of amides is 1. The predicted octanol–water partition coefficient (Wildman–Crippen LogP) is 1.53. The van der Waals surface area contributed by atoms with Crippen LogP contribution in [0.4, 0.5) is 0 Å². The maximum Gasteiger partial charge on any atom is 0.226 e. The van der Waals surface area contributed by atoms with E-state index in [1.54, 1.807) is 0 Å². The van der Waals surface area contributed by atoms with E-state index >= 15 is 0 Å². The largest absolute Gasteiger partial charge is 0.368 e. The van der Waals surface area contributed by atoms with E-state index in [4.69, 9.17) is 10.2 Å². The van der Waals surface area contributed by atoms with Crippen LogP contribution in [0.1, 0.15) is 38.5 Å². The summed E-state index contributed by atoms with van der Waals surface area (Å²) in [4.78, 5) is 14.2. The van der Waals surface area contributed by atoms with Crippen LogP contribution < -0.4 is 0 Å². The molecule has 1 amide bonds. The van der Waals surface area contributed by atoms with Crippen molar-refractivity contribution >= 4 is 5.91 Å². The molecule has 0 radical (unpaired) electrons. The average Bonchev–Trinajstić information content (AvgIpc) is 2.99. The second-order valence-corrected chi connectivity index (χ2v) is 5.98. The van der Waals surface area contributed by atoms with Crippen LogP contribution in [0.5, 0.6) is 0 Å². The fourth-order valence-corrected chi connectivity index (χ4v) is 3.31. The van der Waals surface area contributed by atoms with Crippen molar-refractivity contribution in [1.82, 2.24) is 4.90 Å². The van der Waals surface area contributed by atoms with Crippen molar-refractivity contribution in [3.8, 4) is 0 Å². The molecule has 0 heterocycles. The van der Waals surface area contributed by atoms with Crippen molar-refractivity contribution in [2.45, 2.75) is 44.8 Å². The van der Waals surface area contributed by atoms with E-state index in [9.17, 15) is 4.79 Å². The zero-order valence-corrected chi connectivity index (χ0v) is 11.7. The SMILES string of the molecule is CN(CCCCCC(O)O)C(=O)C1CC2C=CC1C2. The summed E-state index contributed by atoms with van der Waals surface area (Å²) in [5, 5.41) is 17.5. The lowest BCUT2D eigenvalue weighted by Crippen LogP contribution is -2.35. The van der Waals surface area contributed by atoms with Gasteiger partial charge in [0.2, 0.25) is 5.91 Å². The van der Waals surface area contributed by atoms with Gasteiger partial charge in [-0.25, -0.2) is 0 Å². The van der Waals surface area contributed by atoms with Crippen LogP contribution in [0.15, 0.2) is 12.2 Å². The molecule has 1 saturated carbocycles. The summed E-state index contributed by atoms with van der Waals surface area (Å²) in [6.07, 6.45) is 8.57. The van der Waals surface area contributed by atoms with E-state index in [-0.39, 0.29) is 5.92 Å². The maximum absolute atomic E-state index is 12.3. The molecule has 4 nitrogen and oxygen atoms in total. The lowest BCUT2D eigenvalue weighted by Gasteiger charge is -2.24. The van der Waals surface area contributed by atoms with E-state index in [0.29, 0.717) is 24.2 Å². The standard InChI is InChI=1S/C15H25NO3/c1-16(8-4-2-3-5-14(17)18)15(19)13-10-11-6-7-12(13)9-11/h6-7,11-14,17-18H,2-5,8-10H2,1H3. The van der Waals surface area contributed by atoms with E-state index in [2.05, 4.69) is 12.2 Å². The lowest BCUT2D eigenvalue weighted by atomic mass is 9.92. The van der Waals surface area contributed by atoms with Gasteiger partial charge in [-0.15, -0.1) is 0 Å².